The molecule has 0 unspecified atom stereocenters. The quantitative estimate of drug-likeness (QED) is 0.468. The molecule has 136 valence electrons. The third kappa shape index (κ3) is 3.23. The number of aromatic nitrogens is 4. The first-order chi connectivity index (χ1) is 12.5. The summed E-state index contributed by atoms with van der Waals surface area (Å²) in [6.45, 7) is 4.60. The highest BCUT2D eigenvalue weighted by atomic mass is 32.2. The molecule has 4 rings (SSSR count). The van der Waals surface area contributed by atoms with Gasteiger partial charge in [-0.05, 0) is 44.9 Å². The molecule has 6 nitrogen and oxygen atoms in total. The van der Waals surface area contributed by atoms with Gasteiger partial charge in [0.1, 0.15) is 11.6 Å². The fraction of sp³-hybridized carbons (Fsp3) is 0.421. The van der Waals surface area contributed by atoms with Crippen LogP contribution in [0.3, 0.4) is 0 Å². The van der Waals surface area contributed by atoms with Gasteiger partial charge in [-0.15, -0.1) is 10.2 Å². The summed E-state index contributed by atoms with van der Waals surface area (Å²) in [5, 5.41) is 9.51. The van der Waals surface area contributed by atoms with Crippen molar-refractivity contribution in [2.75, 3.05) is 5.75 Å². The van der Waals surface area contributed by atoms with Gasteiger partial charge in [-0.2, -0.15) is 0 Å². The Morgan fingerprint density at radius 3 is 2.77 bits per heavy atom. The largest absolute Gasteiger partial charge is 0.467 e. The maximum absolute atomic E-state index is 12.7. The minimum absolute atomic E-state index is 0.122. The van der Waals surface area contributed by atoms with Crippen molar-refractivity contribution in [2.45, 2.75) is 44.3 Å². The lowest BCUT2D eigenvalue weighted by molar-refractivity contribution is 0.102. The Kier molecular flexibility index (Phi) is 4.48. The summed E-state index contributed by atoms with van der Waals surface area (Å²) in [6.07, 6.45) is 3.98. The molecule has 0 aliphatic heterocycles. The molecule has 1 aliphatic carbocycles. The maximum Gasteiger partial charge on any atom is 0.192 e. The number of hydrogen-bond donors (Lipinski definition) is 0. The molecule has 1 saturated carbocycles. The molecular formula is C19H22N4O2S. The zero-order chi connectivity index (χ0) is 18.3. The first-order valence-electron chi connectivity index (χ1n) is 8.79. The molecule has 1 aliphatic rings. The van der Waals surface area contributed by atoms with Crippen molar-refractivity contribution in [2.24, 2.45) is 7.05 Å². The number of aryl methyl sites for hydroxylation is 1. The Morgan fingerprint density at radius 1 is 1.35 bits per heavy atom. The fourth-order valence-corrected chi connectivity index (χ4v) is 3.93. The van der Waals surface area contributed by atoms with E-state index in [1.165, 1.54) is 11.8 Å². The Labute approximate surface area is 156 Å². The lowest BCUT2D eigenvalue weighted by Crippen LogP contribution is -2.08. The minimum Gasteiger partial charge on any atom is -0.467 e. The van der Waals surface area contributed by atoms with Crippen molar-refractivity contribution < 1.29 is 9.21 Å². The molecule has 0 spiro atoms. The van der Waals surface area contributed by atoms with E-state index in [1.807, 2.05) is 43.7 Å². The van der Waals surface area contributed by atoms with Gasteiger partial charge >= 0.3 is 0 Å². The second kappa shape index (κ2) is 6.79. The average molecular weight is 370 g/mol. The topological polar surface area (TPSA) is 65.8 Å². The number of carbonyl (C=O) groups excluding carboxylic acids is 1. The van der Waals surface area contributed by atoms with E-state index in [0.717, 1.165) is 46.5 Å². The lowest BCUT2D eigenvalue weighted by atomic mass is 10.2. The summed E-state index contributed by atoms with van der Waals surface area (Å²) < 4.78 is 9.63. The first-order valence-corrected chi connectivity index (χ1v) is 9.77. The van der Waals surface area contributed by atoms with Crippen LogP contribution in [-0.4, -0.2) is 30.9 Å². The van der Waals surface area contributed by atoms with Gasteiger partial charge in [0.25, 0.3) is 0 Å². The van der Waals surface area contributed by atoms with Crippen molar-refractivity contribution in [3.05, 3.63) is 53.0 Å². The van der Waals surface area contributed by atoms with Gasteiger partial charge in [0.2, 0.25) is 0 Å². The van der Waals surface area contributed by atoms with Crippen LogP contribution in [-0.2, 0) is 13.6 Å². The normalized spacial score (nSPS) is 14.1. The van der Waals surface area contributed by atoms with Crippen LogP contribution in [0, 0.1) is 13.8 Å². The average Bonchev–Trinajstić information content (AvgIpc) is 3.09. The standard InChI is InChI=1S/C19H22N4O2S/c1-12-9-16(13(2)22(12)3)17(24)11-26-19-21-20-18(14-6-7-14)23(19)10-15-5-4-8-25-15/h4-5,8-9,14H,6-7,10-11H2,1-3H3. The van der Waals surface area contributed by atoms with Crippen LogP contribution < -0.4 is 0 Å². The molecule has 0 aromatic carbocycles. The zero-order valence-corrected chi connectivity index (χ0v) is 16.0. The third-order valence-corrected chi connectivity index (χ3v) is 5.96. The van der Waals surface area contributed by atoms with E-state index in [1.54, 1.807) is 6.26 Å². The summed E-state index contributed by atoms with van der Waals surface area (Å²) in [5.74, 6) is 2.83. The molecular weight excluding hydrogens is 348 g/mol. The summed E-state index contributed by atoms with van der Waals surface area (Å²) in [5.41, 5.74) is 2.88. The predicted molar refractivity (Wildman–Crippen MR) is 99.7 cm³/mol. The van der Waals surface area contributed by atoms with E-state index < -0.39 is 0 Å². The number of thioether (sulfide) groups is 1. The summed E-state index contributed by atoms with van der Waals surface area (Å²) in [6, 6.07) is 5.79. The minimum atomic E-state index is 0.122. The van der Waals surface area contributed by atoms with E-state index in [0.29, 0.717) is 18.2 Å². The molecule has 1 fully saturated rings. The summed E-state index contributed by atoms with van der Waals surface area (Å²) >= 11 is 1.45. The number of nitrogens with zero attached hydrogens (tertiary/aromatic N) is 4. The van der Waals surface area contributed by atoms with Gasteiger partial charge in [0, 0.05) is 29.9 Å². The lowest BCUT2D eigenvalue weighted by Gasteiger charge is -2.08. The highest BCUT2D eigenvalue weighted by Crippen LogP contribution is 2.40. The van der Waals surface area contributed by atoms with Crippen molar-refractivity contribution in [1.29, 1.82) is 0 Å². The number of Topliss-reactive ketones (excluding diaryl/α,β-unsaturated/α-hetero) is 1. The van der Waals surface area contributed by atoms with Gasteiger partial charge in [-0.25, -0.2) is 0 Å². The fourth-order valence-electron chi connectivity index (χ4n) is 3.10. The Bertz CT molecular complexity index is 935. The van der Waals surface area contributed by atoms with Crippen LogP contribution in [0.15, 0.2) is 34.0 Å². The third-order valence-electron chi connectivity index (χ3n) is 4.99. The number of ketones is 1. The molecule has 0 saturated heterocycles. The first kappa shape index (κ1) is 17.1. The van der Waals surface area contributed by atoms with E-state index in [2.05, 4.69) is 14.8 Å². The molecule has 0 amide bonds. The molecule has 3 aromatic rings. The van der Waals surface area contributed by atoms with Crippen molar-refractivity contribution in [3.8, 4) is 0 Å². The molecule has 0 bridgehead atoms. The van der Waals surface area contributed by atoms with Crippen molar-refractivity contribution in [1.82, 2.24) is 19.3 Å². The van der Waals surface area contributed by atoms with Gasteiger partial charge < -0.3 is 8.98 Å². The van der Waals surface area contributed by atoms with Gasteiger partial charge in [-0.3, -0.25) is 9.36 Å². The van der Waals surface area contributed by atoms with E-state index in [-0.39, 0.29) is 5.78 Å². The van der Waals surface area contributed by atoms with Crippen LogP contribution in [0.25, 0.3) is 0 Å². The molecule has 0 N–H and O–H groups in total. The van der Waals surface area contributed by atoms with Crippen LogP contribution in [0.1, 0.15) is 52.1 Å². The number of rotatable bonds is 7. The van der Waals surface area contributed by atoms with Crippen LogP contribution >= 0.6 is 11.8 Å². The monoisotopic (exact) mass is 370 g/mol. The maximum atomic E-state index is 12.7. The van der Waals surface area contributed by atoms with Crippen molar-refractivity contribution in [3.63, 3.8) is 0 Å². The summed E-state index contributed by atoms with van der Waals surface area (Å²) in [7, 11) is 1.98. The second-order valence-electron chi connectivity index (χ2n) is 6.84. The van der Waals surface area contributed by atoms with Crippen LogP contribution in [0.4, 0.5) is 0 Å². The Balaban J connectivity index is 1.52. The van der Waals surface area contributed by atoms with Gasteiger partial charge in [0.05, 0.1) is 18.6 Å². The Morgan fingerprint density at radius 2 is 2.15 bits per heavy atom. The van der Waals surface area contributed by atoms with E-state index >= 15 is 0 Å². The molecule has 7 heteroatoms. The van der Waals surface area contributed by atoms with Crippen LogP contribution in [0.5, 0.6) is 0 Å². The number of hydrogen-bond acceptors (Lipinski definition) is 5. The molecule has 3 heterocycles. The molecule has 0 radical (unpaired) electrons. The Hall–Kier alpha value is -2.28. The zero-order valence-electron chi connectivity index (χ0n) is 15.2. The highest BCUT2D eigenvalue weighted by molar-refractivity contribution is 7.99. The highest BCUT2D eigenvalue weighted by Gasteiger charge is 2.31. The van der Waals surface area contributed by atoms with E-state index in [9.17, 15) is 4.79 Å². The SMILES string of the molecule is Cc1cc(C(=O)CSc2nnc(C3CC3)n2Cc2ccco2)c(C)n1C. The van der Waals surface area contributed by atoms with Gasteiger partial charge in [0.15, 0.2) is 10.9 Å². The predicted octanol–water partition coefficient (Wildman–Crippen LogP) is 3.73. The number of carbonyl (C=O) groups is 1. The molecule has 3 aromatic heterocycles. The number of furan rings is 1. The van der Waals surface area contributed by atoms with Crippen molar-refractivity contribution >= 4 is 17.5 Å². The second-order valence-corrected chi connectivity index (χ2v) is 7.78. The molecule has 0 atom stereocenters. The summed E-state index contributed by atoms with van der Waals surface area (Å²) in [4.78, 5) is 12.7. The van der Waals surface area contributed by atoms with Gasteiger partial charge in [-0.1, -0.05) is 11.8 Å². The van der Waals surface area contributed by atoms with E-state index in [4.69, 9.17) is 4.42 Å². The smallest absolute Gasteiger partial charge is 0.192 e. The van der Waals surface area contributed by atoms with Crippen LogP contribution in [0.2, 0.25) is 0 Å². The molecule has 26 heavy (non-hydrogen) atoms.